The minimum Gasteiger partial charge on any atom is -0.494 e. The van der Waals surface area contributed by atoms with Crippen molar-refractivity contribution >= 4 is 23.7 Å². The van der Waals surface area contributed by atoms with Crippen molar-refractivity contribution in [2.45, 2.75) is 18.5 Å². The zero-order chi connectivity index (χ0) is 39.5. The van der Waals surface area contributed by atoms with E-state index in [1.54, 1.807) is 6.07 Å². The third-order valence-corrected chi connectivity index (χ3v) is 9.02. The molecular weight excluding hydrogens is 729 g/mol. The maximum absolute atomic E-state index is 15.5. The van der Waals surface area contributed by atoms with Crippen LogP contribution in [-0.2, 0) is 30.1 Å². The van der Waals surface area contributed by atoms with Crippen molar-refractivity contribution in [1.82, 2.24) is 16.0 Å². The molecule has 0 aromatic heterocycles. The number of amides is 2. The first-order chi connectivity index (χ1) is 27.4. The molecule has 0 spiro atoms. The molecule has 3 aromatic rings. The second kappa shape index (κ2) is 22.7. The van der Waals surface area contributed by atoms with E-state index in [1.807, 2.05) is 18.2 Å². The summed E-state index contributed by atoms with van der Waals surface area (Å²) in [5.41, 5.74) is 2.91. The Hall–Kier alpha value is -4.74. The van der Waals surface area contributed by atoms with E-state index in [1.165, 1.54) is 43.5 Å². The number of carbonyl (C=O) groups is 3. The Morgan fingerprint density at radius 3 is 1.80 bits per heavy atom. The van der Waals surface area contributed by atoms with Crippen LogP contribution in [0.3, 0.4) is 0 Å². The van der Waals surface area contributed by atoms with Gasteiger partial charge in [-0.25, -0.2) is 4.39 Å². The molecule has 3 aromatic carbocycles. The number of ketones is 1. The summed E-state index contributed by atoms with van der Waals surface area (Å²) >= 11 is 0. The summed E-state index contributed by atoms with van der Waals surface area (Å²) in [4.78, 5) is 39.9. The molecule has 5 rings (SSSR count). The Morgan fingerprint density at radius 1 is 0.696 bits per heavy atom. The van der Waals surface area contributed by atoms with Gasteiger partial charge in [0.2, 0.25) is 0 Å². The normalized spacial score (nSPS) is 15.8. The van der Waals surface area contributed by atoms with Gasteiger partial charge in [-0.3, -0.25) is 14.4 Å². The molecule has 56 heavy (non-hydrogen) atoms. The van der Waals surface area contributed by atoms with Crippen molar-refractivity contribution < 1.29 is 57.0 Å². The molecule has 1 aliphatic heterocycles. The van der Waals surface area contributed by atoms with E-state index in [0.29, 0.717) is 83.7 Å². The zero-order valence-corrected chi connectivity index (χ0v) is 31.5. The van der Waals surface area contributed by atoms with Crippen LogP contribution in [0, 0.1) is 5.82 Å². The highest BCUT2D eigenvalue weighted by Crippen LogP contribution is 2.31. The molecule has 0 saturated carbocycles. The monoisotopic (exact) mass is 779 g/mol. The Labute approximate surface area is 325 Å². The molecule has 2 atom stereocenters. The van der Waals surface area contributed by atoms with Crippen LogP contribution in [0.15, 0.2) is 60.7 Å². The molecule has 1 aliphatic carbocycles. The number of carbonyl (C=O) groups excluding carboxylic acids is 3. The summed E-state index contributed by atoms with van der Waals surface area (Å²) in [7, 11) is 1.30. The third-order valence-electron chi connectivity index (χ3n) is 9.02. The highest BCUT2D eigenvalue weighted by molar-refractivity contribution is 6.11. The standard InChI is InChI=1S/C41H50FN3O11/c1-50-36-12-11-35(56-24-23-55-22-21-54-20-19-53-18-17-52-16-15-51-14-13-46)37(38(36)42)39(47)29-6-8-30(9-7-29)40(48)44-33-26-43-27-34(33)45-41(49)32-10-5-28-3-2-4-31(28)25-32/h2-3,5-12,25,33-34,43,46H,4,13-24,26-27H2,1H3,(H,44,48)(H,45,49)/t33-,34-/m1/s1. The summed E-state index contributed by atoms with van der Waals surface area (Å²) in [6, 6.07) is 13.7. The molecular formula is C41H50FN3O11. The molecule has 0 unspecified atom stereocenters. The second-order valence-electron chi connectivity index (χ2n) is 12.8. The van der Waals surface area contributed by atoms with Crippen molar-refractivity contribution in [2.75, 3.05) is 99.5 Å². The first kappa shape index (κ1) is 42.4. The molecule has 15 heteroatoms. The number of hydrogen-bond acceptors (Lipinski definition) is 12. The number of allylic oxidation sites excluding steroid dienone is 1. The van der Waals surface area contributed by atoms with Crippen LogP contribution in [0.25, 0.3) is 6.08 Å². The van der Waals surface area contributed by atoms with Crippen molar-refractivity contribution in [2.24, 2.45) is 0 Å². The number of ether oxygens (including phenoxy) is 7. The predicted octanol–water partition coefficient (Wildman–Crippen LogP) is 2.59. The fourth-order valence-corrected chi connectivity index (χ4v) is 6.09. The Morgan fingerprint density at radius 2 is 1.21 bits per heavy atom. The van der Waals surface area contributed by atoms with Gasteiger partial charge in [0.15, 0.2) is 17.3 Å². The second-order valence-corrected chi connectivity index (χ2v) is 12.8. The smallest absolute Gasteiger partial charge is 0.251 e. The van der Waals surface area contributed by atoms with Gasteiger partial charge in [-0.15, -0.1) is 0 Å². The molecule has 2 aliphatic rings. The minimum absolute atomic E-state index is 0.0135. The van der Waals surface area contributed by atoms with E-state index in [4.69, 9.17) is 38.3 Å². The number of aliphatic hydroxyl groups is 1. The lowest BCUT2D eigenvalue weighted by Gasteiger charge is -2.21. The van der Waals surface area contributed by atoms with Gasteiger partial charge < -0.3 is 54.2 Å². The van der Waals surface area contributed by atoms with E-state index in [-0.39, 0.29) is 66.3 Å². The molecule has 1 fully saturated rings. The number of aliphatic hydroxyl groups excluding tert-OH is 1. The number of nitrogens with one attached hydrogen (secondary N) is 3. The Bertz CT molecular complexity index is 1770. The third kappa shape index (κ3) is 12.4. The molecule has 0 radical (unpaired) electrons. The van der Waals surface area contributed by atoms with Gasteiger partial charge in [-0.1, -0.05) is 30.4 Å². The zero-order valence-electron chi connectivity index (χ0n) is 31.5. The summed E-state index contributed by atoms with van der Waals surface area (Å²) in [5, 5.41) is 17.9. The average Bonchev–Trinajstić information content (AvgIpc) is 3.87. The number of rotatable bonds is 25. The topological polar surface area (TPSA) is 172 Å². The minimum atomic E-state index is -0.870. The van der Waals surface area contributed by atoms with E-state index in [9.17, 15) is 14.4 Å². The molecule has 302 valence electrons. The van der Waals surface area contributed by atoms with Gasteiger partial charge >= 0.3 is 0 Å². The summed E-state index contributed by atoms with van der Waals surface area (Å²) in [6.07, 6.45) is 4.89. The average molecular weight is 780 g/mol. The van der Waals surface area contributed by atoms with Crippen molar-refractivity contribution in [3.63, 3.8) is 0 Å². The van der Waals surface area contributed by atoms with E-state index in [0.717, 1.165) is 17.5 Å². The predicted molar refractivity (Wildman–Crippen MR) is 204 cm³/mol. The summed E-state index contributed by atoms with van der Waals surface area (Å²) < 4.78 is 53.3. The van der Waals surface area contributed by atoms with Gasteiger partial charge in [0.1, 0.15) is 17.9 Å². The van der Waals surface area contributed by atoms with Crippen molar-refractivity contribution in [1.29, 1.82) is 0 Å². The number of halogens is 1. The maximum atomic E-state index is 15.5. The first-order valence-electron chi connectivity index (χ1n) is 18.6. The van der Waals surface area contributed by atoms with Gasteiger partial charge in [0, 0.05) is 29.8 Å². The number of benzene rings is 3. The lowest BCUT2D eigenvalue weighted by atomic mass is 10.00. The summed E-state index contributed by atoms with van der Waals surface area (Å²) in [5.74, 6) is -2.21. The number of fused-ring (bicyclic) bond motifs is 1. The van der Waals surface area contributed by atoms with E-state index < -0.39 is 11.6 Å². The molecule has 2 amide bonds. The quantitative estimate of drug-likeness (QED) is 0.0734. The van der Waals surface area contributed by atoms with Crippen LogP contribution in [0.1, 0.15) is 47.8 Å². The largest absolute Gasteiger partial charge is 0.494 e. The van der Waals surface area contributed by atoms with Crippen LogP contribution in [0.2, 0.25) is 0 Å². The lowest BCUT2D eigenvalue weighted by molar-refractivity contribution is -0.0146. The van der Waals surface area contributed by atoms with Crippen molar-refractivity contribution in [3.8, 4) is 11.5 Å². The fraction of sp³-hybridized carbons (Fsp3) is 0.439. The van der Waals surface area contributed by atoms with Gasteiger partial charge in [0.25, 0.3) is 11.8 Å². The van der Waals surface area contributed by atoms with Crippen LogP contribution in [-0.4, -0.2) is 134 Å². The van der Waals surface area contributed by atoms with Gasteiger partial charge in [0.05, 0.1) is 91.9 Å². The lowest BCUT2D eigenvalue weighted by Crippen LogP contribution is -2.51. The highest BCUT2D eigenvalue weighted by Gasteiger charge is 2.31. The SMILES string of the molecule is COc1ccc(OCCOCCOCCOCCOCCOCCO)c(C(=O)c2ccc(C(=O)N[C@@H]3CNC[C@H]3NC(=O)c3ccc4c(c3)CC=C4)cc2)c1F. The van der Waals surface area contributed by atoms with Crippen LogP contribution < -0.4 is 25.4 Å². The van der Waals surface area contributed by atoms with Gasteiger partial charge in [-0.2, -0.15) is 0 Å². The van der Waals surface area contributed by atoms with Gasteiger partial charge in [-0.05, 0) is 53.9 Å². The van der Waals surface area contributed by atoms with E-state index >= 15 is 4.39 Å². The summed E-state index contributed by atoms with van der Waals surface area (Å²) in [6.45, 7) is 4.57. The van der Waals surface area contributed by atoms with Crippen molar-refractivity contribution in [3.05, 3.63) is 99.9 Å². The fourth-order valence-electron chi connectivity index (χ4n) is 6.09. The molecule has 14 nitrogen and oxygen atoms in total. The molecule has 1 heterocycles. The molecule has 4 N–H and O–H groups in total. The van der Waals surface area contributed by atoms with Crippen LogP contribution >= 0.6 is 0 Å². The molecule has 0 bridgehead atoms. The van der Waals surface area contributed by atoms with Crippen LogP contribution in [0.5, 0.6) is 11.5 Å². The highest BCUT2D eigenvalue weighted by atomic mass is 19.1. The number of methoxy groups -OCH3 is 1. The van der Waals surface area contributed by atoms with E-state index in [2.05, 4.69) is 22.0 Å². The Kier molecular flexibility index (Phi) is 17.2. The Balaban J connectivity index is 1.04. The first-order valence-corrected chi connectivity index (χ1v) is 18.6. The maximum Gasteiger partial charge on any atom is 0.251 e. The number of hydrogen-bond donors (Lipinski definition) is 4. The van der Waals surface area contributed by atoms with Crippen LogP contribution in [0.4, 0.5) is 4.39 Å². The molecule has 1 saturated heterocycles.